The fourth-order valence-electron chi connectivity index (χ4n) is 2.51. The van der Waals surface area contributed by atoms with Gasteiger partial charge in [0.15, 0.2) is 0 Å². The maximum atomic E-state index is 12.8. The summed E-state index contributed by atoms with van der Waals surface area (Å²) in [6.45, 7) is 2.59. The van der Waals surface area contributed by atoms with Gasteiger partial charge >= 0.3 is 0 Å². The summed E-state index contributed by atoms with van der Waals surface area (Å²) in [5, 5.41) is 4.20. The first-order valence-corrected chi connectivity index (χ1v) is 7.74. The number of aromatic nitrogens is 4. The quantitative estimate of drug-likeness (QED) is 0.724. The van der Waals surface area contributed by atoms with Crippen molar-refractivity contribution in [3.05, 3.63) is 78.1 Å². The summed E-state index contributed by atoms with van der Waals surface area (Å²) in [6, 6.07) is 11.2. The van der Waals surface area contributed by atoms with Crippen LogP contribution in [0.3, 0.4) is 0 Å². The number of hydrogen-bond acceptors (Lipinski definition) is 4. The van der Waals surface area contributed by atoms with Crippen molar-refractivity contribution in [1.29, 1.82) is 0 Å². The highest BCUT2D eigenvalue weighted by atomic mass is 16.2. The van der Waals surface area contributed by atoms with Crippen LogP contribution in [0.4, 0.5) is 0 Å². The van der Waals surface area contributed by atoms with Gasteiger partial charge in [-0.3, -0.25) is 9.48 Å². The van der Waals surface area contributed by atoms with Gasteiger partial charge in [0.05, 0.1) is 18.3 Å². The first-order valence-electron chi connectivity index (χ1n) is 7.74. The third kappa shape index (κ3) is 3.48. The molecule has 0 aliphatic heterocycles. The zero-order valence-electron chi connectivity index (χ0n) is 13.7. The van der Waals surface area contributed by atoms with Crippen LogP contribution in [0.5, 0.6) is 0 Å². The molecule has 0 spiro atoms. The van der Waals surface area contributed by atoms with E-state index in [-0.39, 0.29) is 11.9 Å². The van der Waals surface area contributed by atoms with E-state index >= 15 is 0 Å². The van der Waals surface area contributed by atoms with Gasteiger partial charge in [0.25, 0.3) is 5.91 Å². The van der Waals surface area contributed by atoms with Crippen LogP contribution in [0, 0.1) is 0 Å². The van der Waals surface area contributed by atoms with E-state index in [1.165, 1.54) is 6.33 Å². The zero-order valence-corrected chi connectivity index (χ0v) is 13.7. The van der Waals surface area contributed by atoms with Crippen LogP contribution in [0.25, 0.3) is 0 Å². The molecule has 0 radical (unpaired) electrons. The van der Waals surface area contributed by atoms with Crippen LogP contribution in [0.15, 0.2) is 61.3 Å². The summed E-state index contributed by atoms with van der Waals surface area (Å²) in [6.07, 6.45) is 6.82. The second-order valence-electron chi connectivity index (χ2n) is 5.63. The second-order valence-corrected chi connectivity index (χ2v) is 5.63. The van der Waals surface area contributed by atoms with Gasteiger partial charge in [-0.1, -0.05) is 12.1 Å². The molecule has 0 fully saturated rings. The lowest BCUT2D eigenvalue weighted by Gasteiger charge is -2.24. The summed E-state index contributed by atoms with van der Waals surface area (Å²) in [7, 11) is 1.79. The van der Waals surface area contributed by atoms with Crippen LogP contribution in [0.2, 0.25) is 0 Å². The SMILES string of the molecule is C[C@@H](c1ccncn1)N(C)C(=O)c1cccc(Cn2cccn2)c1. The summed E-state index contributed by atoms with van der Waals surface area (Å²) in [5.74, 6) is -0.0385. The van der Waals surface area contributed by atoms with Gasteiger partial charge in [0, 0.05) is 31.2 Å². The first kappa shape index (κ1) is 15.9. The number of benzene rings is 1. The number of hydrogen-bond donors (Lipinski definition) is 0. The van der Waals surface area contributed by atoms with Crippen molar-refractivity contribution in [3.63, 3.8) is 0 Å². The Bertz CT molecular complexity index is 801. The Kier molecular flexibility index (Phi) is 4.65. The van der Waals surface area contributed by atoms with Crippen molar-refractivity contribution in [1.82, 2.24) is 24.6 Å². The number of carbonyl (C=O) groups excluding carboxylic acids is 1. The molecule has 2 aromatic heterocycles. The third-order valence-corrected chi connectivity index (χ3v) is 4.01. The molecule has 1 amide bonds. The lowest BCUT2D eigenvalue weighted by Crippen LogP contribution is -2.30. The average molecular weight is 321 g/mol. The fraction of sp³-hybridized carbons (Fsp3) is 0.222. The Labute approximate surface area is 140 Å². The largest absolute Gasteiger partial charge is 0.333 e. The Hall–Kier alpha value is -3.02. The predicted molar refractivity (Wildman–Crippen MR) is 90.3 cm³/mol. The number of carbonyl (C=O) groups is 1. The van der Waals surface area contributed by atoms with E-state index in [1.807, 2.05) is 54.2 Å². The van der Waals surface area contributed by atoms with Gasteiger partial charge in [0.1, 0.15) is 6.33 Å². The second kappa shape index (κ2) is 7.04. The van der Waals surface area contributed by atoms with Crippen molar-refractivity contribution in [2.45, 2.75) is 19.5 Å². The maximum absolute atomic E-state index is 12.8. The summed E-state index contributed by atoms with van der Waals surface area (Å²) in [4.78, 5) is 22.6. The van der Waals surface area contributed by atoms with Crippen LogP contribution in [0.1, 0.15) is 34.6 Å². The molecule has 0 aliphatic carbocycles. The van der Waals surface area contributed by atoms with Crippen molar-refractivity contribution >= 4 is 5.91 Å². The Morgan fingerprint density at radius 2 is 2.12 bits per heavy atom. The summed E-state index contributed by atoms with van der Waals surface area (Å²) in [5.41, 5.74) is 2.50. The molecule has 0 N–H and O–H groups in total. The maximum Gasteiger partial charge on any atom is 0.254 e. The van der Waals surface area contributed by atoms with Crippen molar-refractivity contribution in [2.75, 3.05) is 7.05 Å². The number of amides is 1. The third-order valence-electron chi connectivity index (χ3n) is 4.01. The molecular weight excluding hydrogens is 302 g/mol. The average Bonchev–Trinajstić information content (AvgIpc) is 3.14. The van der Waals surface area contributed by atoms with E-state index < -0.39 is 0 Å². The number of nitrogens with zero attached hydrogens (tertiary/aromatic N) is 5. The minimum absolute atomic E-state index is 0.0385. The summed E-state index contributed by atoms with van der Waals surface area (Å²) >= 11 is 0. The van der Waals surface area contributed by atoms with Gasteiger partial charge in [-0.15, -0.1) is 0 Å². The molecule has 1 atom stereocenters. The molecule has 6 nitrogen and oxygen atoms in total. The van der Waals surface area contributed by atoms with Gasteiger partial charge in [0.2, 0.25) is 0 Å². The van der Waals surface area contributed by atoms with Crippen LogP contribution in [-0.4, -0.2) is 37.6 Å². The lowest BCUT2D eigenvalue weighted by molar-refractivity contribution is 0.0739. The predicted octanol–water partition coefficient (Wildman–Crippen LogP) is 2.55. The minimum Gasteiger partial charge on any atom is -0.333 e. The highest BCUT2D eigenvalue weighted by Crippen LogP contribution is 2.19. The molecule has 6 heteroatoms. The lowest BCUT2D eigenvalue weighted by atomic mass is 10.1. The Balaban J connectivity index is 1.77. The van der Waals surface area contributed by atoms with Crippen LogP contribution in [-0.2, 0) is 6.54 Å². The highest BCUT2D eigenvalue weighted by molar-refractivity contribution is 5.94. The van der Waals surface area contributed by atoms with Gasteiger partial charge in [-0.2, -0.15) is 5.10 Å². The topological polar surface area (TPSA) is 63.9 Å². The molecule has 0 saturated carbocycles. The van der Waals surface area contributed by atoms with Crippen LogP contribution < -0.4 is 0 Å². The van der Waals surface area contributed by atoms with E-state index in [4.69, 9.17) is 0 Å². The monoisotopic (exact) mass is 321 g/mol. The normalized spacial score (nSPS) is 11.9. The molecule has 0 aliphatic rings. The molecule has 0 bridgehead atoms. The first-order chi connectivity index (χ1) is 11.6. The molecule has 0 unspecified atom stereocenters. The van der Waals surface area contributed by atoms with Crippen molar-refractivity contribution < 1.29 is 4.79 Å². The molecule has 3 aromatic rings. The molecule has 122 valence electrons. The minimum atomic E-state index is -0.129. The molecule has 2 heterocycles. The standard InChI is InChI=1S/C18H19N5O/c1-14(17-7-9-19-13-20-17)22(2)18(24)16-6-3-5-15(11-16)12-23-10-4-8-21-23/h3-11,13-14H,12H2,1-2H3/t14-/m0/s1. The van der Waals surface area contributed by atoms with E-state index in [0.29, 0.717) is 12.1 Å². The van der Waals surface area contributed by atoms with Crippen molar-refractivity contribution in [3.8, 4) is 0 Å². The molecule has 24 heavy (non-hydrogen) atoms. The van der Waals surface area contributed by atoms with E-state index in [2.05, 4.69) is 15.1 Å². The van der Waals surface area contributed by atoms with E-state index in [9.17, 15) is 4.79 Å². The number of rotatable bonds is 5. The van der Waals surface area contributed by atoms with Gasteiger partial charge < -0.3 is 4.90 Å². The molecule has 1 aromatic carbocycles. The zero-order chi connectivity index (χ0) is 16.9. The van der Waals surface area contributed by atoms with Crippen molar-refractivity contribution in [2.24, 2.45) is 0 Å². The van der Waals surface area contributed by atoms with Crippen LogP contribution >= 0.6 is 0 Å². The Morgan fingerprint density at radius 3 is 2.83 bits per heavy atom. The van der Waals surface area contributed by atoms with E-state index in [1.54, 1.807) is 24.3 Å². The molecule has 3 rings (SSSR count). The van der Waals surface area contributed by atoms with E-state index in [0.717, 1.165) is 11.3 Å². The van der Waals surface area contributed by atoms with Gasteiger partial charge in [-0.25, -0.2) is 9.97 Å². The summed E-state index contributed by atoms with van der Waals surface area (Å²) < 4.78 is 1.83. The Morgan fingerprint density at radius 1 is 1.25 bits per heavy atom. The molecular formula is C18H19N5O. The van der Waals surface area contributed by atoms with Gasteiger partial charge in [-0.05, 0) is 36.8 Å². The highest BCUT2D eigenvalue weighted by Gasteiger charge is 2.20. The fourth-order valence-corrected chi connectivity index (χ4v) is 2.51. The molecule has 0 saturated heterocycles. The smallest absolute Gasteiger partial charge is 0.254 e.